The van der Waals surface area contributed by atoms with Gasteiger partial charge in [0.25, 0.3) is 11.6 Å². The Hall–Kier alpha value is -2.58. The molecule has 2 aromatic carbocycles. The van der Waals surface area contributed by atoms with Gasteiger partial charge >= 0.3 is 5.97 Å². The van der Waals surface area contributed by atoms with Gasteiger partial charge in [-0.05, 0) is 36.1 Å². The first-order valence-electron chi connectivity index (χ1n) is 7.79. The van der Waals surface area contributed by atoms with Crippen molar-refractivity contribution in [3.05, 3.63) is 68.7 Å². The van der Waals surface area contributed by atoms with Crippen LogP contribution in [0.4, 0.5) is 5.69 Å². The van der Waals surface area contributed by atoms with E-state index in [1.807, 2.05) is 6.07 Å². The number of ether oxygens (including phenoxy) is 1. The topological polar surface area (TPSA) is 89.8 Å². The summed E-state index contributed by atoms with van der Waals surface area (Å²) >= 11 is 7.12. The van der Waals surface area contributed by atoms with Crippen LogP contribution in [0.1, 0.15) is 15.9 Å². The molecule has 0 atom stereocenters. The smallest absolute Gasteiger partial charge is 0.338 e. The van der Waals surface area contributed by atoms with E-state index >= 15 is 0 Å². The third kappa shape index (κ3) is 5.70. The Morgan fingerprint density at radius 2 is 2.00 bits per heavy atom. The lowest BCUT2D eigenvalue weighted by Gasteiger charge is -2.17. The summed E-state index contributed by atoms with van der Waals surface area (Å²) in [4.78, 5) is 36.6. The second-order valence-corrected chi connectivity index (χ2v) is 6.88. The fourth-order valence-corrected chi connectivity index (χ4v) is 3.04. The second-order valence-electron chi connectivity index (χ2n) is 5.60. The number of carbonyl (C=O) groups is 2. The lowest BCUT2D eigenvalue weighted by atomic mass is 10.2. The molecule has 0 heterocycles. The largest absolute Gasteiger partial charge is 0.452 e. The molecule has 0 N–H and O–H groups in total. The monoisotopic (exact) mass is 408 g/mol. The van der Waals surface area contributed by atoms with Crippen molar-refractivity contribution in [3.63, 3.8) is 0 Å². The quantitative estimate of drug-likeness (QED) is 0.299. The van der Waals surface area contributed by atoms with Gasteiger partial charge in [-0.15, -0.1) is 11.8 Å². The van der Waals surface area contributed by atoms with E-state index in [4.69, 9.17) is 16.3 Å². The molecule has 0 aliphatic carbocycles. The predicted molar refractivity (Wildman–Crippen MR) is 103 cm³/mol. The van der Waals surface area contributed by atoms with Crippen LogP contribution in [0, 0.1) is 10.1 Å². The van der Waals surface area contributed by atoms with Crippen LogP contribution >= 0.6 is 23.4 Å². The molecule has 0 radical (unpaired) electrons. The van der Waals surface area contributed by atoms with E-state index in [1.54, 1.807) is 31.5 Å². The molecule has 0 unspecified atom stereocenters. The highest BCUT2D eigenvalue weighted by molar-refractivity contribution is 7.98. The minimum absolute atomic E-state index is 0.0183. The van der Waals surface area contributed by atoms with Crippen LogP contribution in [0.5, 0.6) is 0 Å². The summed E-state index contributed by atoms with van der Waals surface area (Å²) in [6.07, 6.45) is 1.70. The van der Waals surface area contributed by atoms with Gasteiger partial charge in [-0.1, -0.05) is 23.7 Å². The van der Waals surface area contributed by atoms with E-state index < -0.39 is 23.4 Å². The zero-order chi connectivity index (χ0) is 20.0. The van der Waals surface area contributed by atoms with E-state index in [0.29, 0.717) is 16.5 Å². The highest BCUT2D eigenvalue weighted by Gasteiger charge is 2.19. The van der Waals surface area contributed by atoms with Gasteiger partial charge in [-0.25, -0.2) is 4.79 Å². The fraction of sp³-hybridized carbons (Fsp3) is 0.222. The van der Waals surface area contributed by atoms with Crippen LogP contribution in [0.15, 0.2) is 47.4 Å². The molecule has 9 heteroatoms. The van der Waals surface area contributed by atoms with E-state index in [-0.39, 0.29) is 11.3 Å². The number of thioether (sulfide) groups is 1. The highest BCUT2D eigenvalue weighted by atomic mass is 35.5. The third-order valence-corrected chi connectivity index (χ3v) is 4.69. The molecule has 0 aromatic heterocycles. The zero-order valence-electron chi connectivity index (χ0n) is 14.7. The van der Waals surface area contributed by atoms with Gasteiger partial charge in [0.2, 0.25) is 0 Å². The van der Waals surface area contributed by atoms with Crippen molar-refractivity contribution in [1.82, 2.24) is 4.90 Å². The molecule has 1 amide bonds. The van der Waals surface area contributed by atoms with E-state index in [1.165, 1.54) is 28.8 Å². The fourth-order valence-electron chi connectivity index (χ4n) is 2.28. The second kappa shape index (κ2) is 9.38. The third-order valence-electron chi connectivity index (χ3n) is 3.67. The summed E-state index contributed by atoms with van der Waals surface area (Å²) < 4.78 is 5.00. The highest BCUT2D eigenvalue weighted by Crippen LogP contribution is 2.28. The van der Waals surface area contributed by atoms with E-state index in [0.717, 1.165) is 11.6 Å². The van der Waals surface area contributed by atoms with Crippen molar-refractivity contribution in [1.29, 1.82) is 0 Å². The minimum Gasteiger partial charge on any atom is -0.452 e. The molecule has 0 aliphatic heterocycles. The van der Waals surface area contributed by atoms with Crippen molar-refractivity contribution < 1.29 is 19.2 Å². The number of carbonyl (C=O) groups excluding carboxylic acids is 2. The molecule has 7 nitrogen and oxygen atoms in total. The molecule has 0 bridgehead atoms. The maximum Gasteiger partial charge on any atom is 0.338 e. The van der Waals surface area contributed by atoms with Crippen molar-refractivity contribution in [2.75, 3.05) is 19.9 Å². The van der Waals surface area contributed by atoms with Crippen LogP contribution < -0.4 is 0 Å². The number of halogens is 1. The number of esters is 1. The average molecular weight is 409 g/mol. The minimum atomic E-state index is -0.796. The van der Waals surface area contributed by atoms with Crippen LogP contribution in [-0.2, 0) is 16.1 Å². The normalized spacial score (nSPS) is 10.3. The number of nitro groups is 1. The number of nitro benzene ring substituents is 1. The number of hydrogen-bond donors (Lipinski definition) is 0. The van der Waals surface area contributed by atoms with E-state index in [2.05, 4.69) is 0 Å². The van der Waals surface area contributed by atoms with Crippen LogP contribution in [0.25, 0.3) is 0 Å². The van der Waals surface area contributed by atoms with Crippen molar-refractivity contribution in [2.24, 2.45) is 0 Å². The first-order valence-corrected chi connectivity index (χ1v) is 9.40. The molecule has 0 aliphatic rings. The zero-order valence-corrected chi connectivity index (χ0v) is 16.2. The Morgan fingerprint density at radius 3 is 2.63 bits per heavy atom. The summed E-state index contributed by atoms with van der Waals surface area (Å²) in [5.41, 5.74) is 0.680. The van der Waals surface area contributed by atoms with Crippen LogP contribution in [0.3, 0.4) is 0 Å². The molecule has 27 heavy (non-hydrogen) atoms. The van der Waals surface area contributed by atoms with Gasteiger partial charge < -0.3 is 9.64 Å². The number of rotatable bonds is 7. The maximum absolute atomic E-state index is 12.1. The van der Waals surface area contributed by atoms with Crippen LogP contribution in [0.2, 0.25) is 5.02 Å². The number of benzene rings is 2. The van der Waals surface area contributed by atoms with Gasteiger partial charge in [0.1, 0.15) is 0 Å². The molecule has 0 saturated heterocycles. The van der Waals surface area contributed by atoms with Gasteiger partial charge in [0.15, 0.2) is 6.61 Å². The van der Waals surface area contributed by atoms with Crippen LogP contribution in [-0.4, -0.2) is 41.6 Å². The standard InChI is InChI=1S/C18H17ClN2O5S/c1-20(10-12-4-3-5-14(19)8-12)17(22)11-26-18(23)13-6-7-16(27-2)15(9-13)21(24)25/h3-9H,10-11H2,1-2H3. The van der Waals surface area contributed by atoms with Gasteiger partial charge in [0, 0.05) is 24.7 Å². The lowest BCUT2D eigenvalue weighted by Crippen LogP contribution is -2.30. The summed E-state index contributed by atoms with van der Waals surface area (Å²) in [6, 6.07) is 11.1. The van der Waals surface area contributed by atoms with Crippen molar-refractivity contribution in [3.8, 4) is 0 Å². The molecule has 0 saturated carbocycles. The van der Waals surface area contributed by atoms with Crippen molar-refractivity contribution >= 4 is 40.9 Å². The summed E-state index contributed by atoms with van der Waals surface area (Å²) in [7, 11) is 1.58. The maximum atomic E-state index is 12.1. The summed E-state index contributed by atoms with van der Waals surface area (Å²) in [6.45, 7) is -0.154. The van der Waals surface area contributed by atoms with Crippen molar-refractivity contribution in [2.45, 2.75) is 11.4 Å². The summed E-state index contributed by atoms with van der Waals surface area (Å²) in [5.74, 6) is -1.20. The Labute approximate surface area is 165 Å². The number of amides is 1. The Balaban J connectivity index is 1.97. The molecule has 2 aromatic rings. The predicted octanol–water partition coefficient (Wildman–Crippen LogP) is 3.79. The SMILES string of the molecule is CSc1ccc(C(=O)OCC(=O)N(C)Cc2cccc(Cl)c2)cc1[N+](=O)[O-]. The molecular weight excluding hydrogens is 392 g/mol. The molecule has 2 rings (SSSR count). The Morgan fingerprint density at radius 1 is 1.26 bits per heavy atom. The Kier molecular flexibility index (Phi) is 7.20. The first kappa shape index (κ1) is 20.7. The number of hydrogen-bond acceptors (Lipinski definition) is 6. The molecule has 0 spiro atoms. The Bertz CT molecular complexity index is 875. The molecule has 0 fully saturated rings. The van der Waals surface area contributed by atoms with Gasteiger partial charge in [0.05, 0.1) is 15.4 Å². The van der Waals surface area contributed by atoms with Gasteiger partial charge in [-0.2, -0.15) is 0 Å². The molecular formula is C18H17ClN2O5S. The number of nitrogens with zero attached hydrogens (tertiary/aromatic N) is 2. The van der Waals surface area contributed by atoms with E-state index in [9.17, 15) is 19.7 Å². The molecule has 142 valence electrons. The lowest BCUT2D eigenvalue weighted by molar-refractivity contribution is -0.387. The number of likely N-dealkylation sites (N-methyl/N-ethyl adjacent to an activating group) is 1. The van der Waals surface area contributed by atoms with Gasteiger partial charge in [-0.3, -0.25) is 14.9 Å². The average Bonchev–Trinajstić information content (AvgIpc) is 2.65. The summed E-state index contributed by atoms with van der Waals surface area (Å²) in [5, 5.41) is 11.6. The first-order chi connectivity index (χ1) is 12.8.